The molecule has 4 amide bonds. The highest BCUT2D eigenvalue weighted by Crippen LogP contribution is 2.27. The van der Waals surface area contributed by atoms with E-state index in [1.807, 2.05) is 39.0 Å². The van der Waals surface area contributed by atoms with Gasteiger partial charge in [-0.05, 0) is 55.0 Å². The van der Waals surface area contributed by atoms with E-state index in [1.165, 1.54) is 21.2 Å². The lowest BCUT2D eigenvalue weighted by Crippen LogP contribution is -2.56. The van der Waals surface area contributed by atoms with Crippen LogP contribution in [0.15, 0.2) is 29.7 Å². The lowest BCUT2D eigenvalue weighted by molar-refractivity contribution is -0.425. The topological polar surface area (TPSA) is 69.5 Å². The average Bonchev–Trinajstić information content (AvgIpc) is 3.08. The predicted molar refractivity (Wildman–Crippen MR) is 103 cm³/mol. The number of imide groups is 1. The molecule has 2 aliphatic rings. The number of amides is 4. The number of nitrogens with one attached hydrogen (secondary N) is 1. The third kappa shape index (κ3) is 3.44. The molecule has 7 heteroatoms. The Morgan fingerprint density at radius 2 is 2.04 bits per heavy atom. The maximum atomic E-state index is 12.7. The van der Waals surface area contributed by atoms with E-state index in [0.29, 0.717) is 24.4 Å². The summed E-state index contributed by atoms with van der Waals surface area (Å²) < 4.78 is 1.41. The molecule has 2 heterocycles. The number of hydrogen-bond donors (Lipinski definition) is 1. The number of allylic oxidation sites excluding steroid dienone is 1. The number of benzene rings is 1. The standard InChI is InChI=1S/C19H21N3O3S/c1-4-8-21-18(24)17-15(7-9-26-17)22(19(21)25)11-16(23)20-14-6-5-12(2)13(3)10-14/h5-7,9-10,17H,4,8,11H2,1-3H3/p+1. The van der Waals surface area contributed by atoms with Gasteiger partial charge in [-0.3, -0.25) is 4.79 Å². The fourth-order valence-electron chi connectivity index (χ4n) is 3.00. The Hall–Kier alpha value is -2.41. The van der Waals surface area contributed by atoms with E-state index < -0.39 is 11.3 Å². The van der Waals surface area contributed by atoms with Crippen LogP contribution in [-0.4, -0.2) is 51.4 Å². The van der Waals surface area contributed by atoms with Crippen molar-refractivity contribution in [1.29, 1.82) is 0 Å². The van der Waals surface area contributed by atoms with Gasteiger partial charge >= 0.3 is 11.9 Å². The maximum absolute atomic E-state index is 12.7. The molecule has 1 aromatic carbocycles. The SMILES string of the molecule is CCCN1C(=O)C2SC=CC2=[N+](CC(=O)Nc2ccc(C)c(C)c2)C1=O. The van der Waals surface area contributed by atoms with E-state index in [9.17, 15) is 14.4 Å². The van der Waals surface area contributed by atoms with E-state index in [1.54, 1.807) is 11.5 Å². The minimum absolute atomic E-state index is 0.115. The van der Waals surface area contributed by atoms with E-state index in [0.717, 1.165) is 11.1 Å². The number of urea groups is 1. The Balaban J connectivity index is 1.82. The highest BCUT2D eigenvalue weighted by Gasteiger charge is 2.48. The summed E-state index contributed by atoms with van der Waals surface area (Å²) in [6.45, 7) is 6.14. The second-order valence-corrected chi connectivity index (χ2v) is 7.47. The lowest BCUT2D eigenvalue weighted by atomic mass is 10.1. The fraction of sp³-hybridized carbons (Fsp3) is 0.368. The van der Waals surface area contributed by atoms with Gasteiger partial charge in [0.1, 0.15) is 5.71 Å². The quantitative estimate of drug-likeness (QED) is 0.807. The molecule has 1 N–H and O–H groups in total. The van der Waals surface area contributed by atoms with Crippen LogP contribution in [0.25, 0.3) is 0 Å². The Kier molecular flexibility index (Phi) is 5.27. The number of aryl methyl sites for hydroxylation is 2. The minimum Gasteiger partial charge on any atom is -0.323 e. The van der Waals surface area contributed by atoms with Crippen LogP contribution in [0, 0.1) is 13.8 Å². The number of carbonyl (C=O) groups excluding carboxylic acids is 3. The molecule has 0 saturated heterocycles. The molecule has 0 spiro atoms. The first-order valence-corrected chi connectivity index (χ1v) is 9.55. The summed E-state index contributed by atoms with van der Waals surface area (Å²) in [5.41, 5.74) is 3.52. The van der Waals surface area contributed by atoms with Crippen molar-refractivity contribution in [2.24, 2.45) is 0 Å². The van der Waals surface area contributed by atoms with Crippen LogP contribution in [-0.2, 0) is 9.59 Å². The number of thioether (sulfide) groups is 1. The van der Waals surface area contributed by atoms with E-state index >= 15 is 0 Å². The highest BCUT2D eigenvalue weighted by atomic mass is 32.2. The summed E-state index contributed by atoms with van der Waals surface area (Å²) in [5, 5.41) is 4.20. The zero-order chi connectivity index (χ0) is 18.8. The lowest BCUT2D eigenvalue weighted by Gasteiger charge is -2.23. The van der Waals surface area contributed by atoms with E-state index in [2.05, 4.69) is 5.32 Å². The molecule has 136 valence electrons. The number of hydrogen-bond acceptors (Lipinski definition) is 4. The molecule has 1 atom stereocenters. The van der Waals surface area contributed by atoms with Gasteiger partial charge in [0, 0.05) is 5.69 Å². The first-order valence-electron chi connectivity index (χ1n) is 8.61. The molecule has 3 rings (SSSR count). The van der Waals surface area contributed by atoms with Crippen LogP contribution >= 0.6 is 11.8 Å². The second kappa shape index (κ2) is 7.45. The van der Waals surface area contributed by atoms with E-state index in [-0.39, 0.29) is 18.4 Å². The molecule has 0 aliphatic carbocycles. The Labute approximate surface area is 156 Å². The van der Waals surface area contributed by atoms with Crippen molar-refractivity contribution in [2.75, 3.05) is 18.4 Å². The molecule has 2 aliphatic heterocycles. The van der Waals surface area contributed by atoms with Crippen LogP contribution in [0.2, 0.25) is 0 Å². The van der Waals surface area contributed by atoms with Crippen LogP contribution < -0.4 is 5.32 Å². The van der Waals surface area contributed by atoms with Crippen LogP contribution in [0.5, 0.6) is 0 Å². The fourth-order valence-corrected chi connectivity index (χ4v) is 3.97. The normalized spacial score (nSPS) is 19.2. The summed E-state index contributed by atoms with van der Waals surface area (Å²) in [5.74, 6) is -0.489. The van der Waals surface area contributed by atoms with Crippen molar-refractivity contribution in [2.45, 2.75) is 32.4 Å². The van der Waals surface area contributed by atoms with Crippen LogP contribution in [0.1, 0.15) is 24.5 Å². The van der Waals surface area contributed by atoms with Gasteiger partial charge in [-0.15, -0.1) is 11.8 Å². The summed E-state index contributed by atoms with van der Waals surface area (Å²) in [4.78, 5) is 39.0. The molecule has 0 bridgehead atoms. The number of nitrogens with zero attached hydrogens (tertiary/aromatic N) is 2. The first kappa shape index (κ1) is 18.4. The average molecular weight is 372 g/mol. The molecular weight excluding hydrogens is 350 g/mol. The summed E-state index contributed by atoms with van der Waals surface area (Å²) in [7, 11) is 0. The smallest absolute Gasteiger partial charge is 0.323 e. The zero-order valence-corrected chi connectivity index (χ0v) is 15.9. The number of carbonyl (C=O) groups is 3. The molecule has 0 fully saturated rings. The molecule has 6 nitrogen and oxygen atoms in total. The number of fused-ring (bicyclic) bond motifs is 1. The Morgan fingerprint density at radius 1 is 1.27 bits per heavy atom. The molecule has 1 unspecified atom stereocenters. The summed E-state index contributed by atoms with van der Waals surface area (Å²) >= 11 is 1.37. The van der Waals surface area contributed by atoms with Gasteiger partial charge in [0.25, 0.3) is 5.91 Å². The van der Waals surface area contributed by atoms with Crippen LogP contribution in [0.4, 0.5) is 10.5 Å². The molecule has 0 aromatic heterocycles. The minimum atomic E-state index is -0.436. The highest BCUT2D eigenvalue weighted by molar-refractivity contribution is 8.04. The van der Waals surface area contributed by atoms with Gasteiger partial charge in [-0.2, -0.15) is 14.3 Å². The Bertz CT molecular complexity index is 844. The van der Waals surface area contributed by atoms with Crippen LogP contribution in [0.3, 0.4) is 0 Å². The third-order valence-electron chi connectivity index (χ3n) is 4.53. The molecular formula is C19H22N3O3S+. The largest absolute Gasteiger partial charge is 0.501 e. The molecule has 0 radical (unpaired) electrons. The summed E-state index contributed by atoms with van der Waals surface area (Å²) in [6.07, 6.45) is 2.43. The van der Waals surface area contributed by atoms with Gasteiger partial charge in [0.05, 0.1) is 6.54 Å². The predicted octanol–water partition coefficient (Wildman–Crippen LogP) is 2.70. The second-order valence-electron chi connectivity index (χ2n) is 6.45. The molecule has 0 saturated carbocycles. The number of rotatable bonds is 5. The van der Waals surface area contributed by atoms with Gasteiger partial charge in [0.2, 0.25) is 0 Å². The third-order valence-corrected chi connectivity index (χ3v) is 5.53. The summed E-state index contributed by atoms with van der Waals surface area (Å²) in [6, 6.07) is 5.26. The van der Waals surface area contributed by atoms with Crippen molar-refractivity contribution < 1.29 is 19.0 Å². The Morgan fingerprint density at radius 3 is 2.73 bits per heavy atom. The van der Waals surface area contributed by atoms with Crippen molar-refractivity contribution >= 4 is 41.0 Å². The van der Waals surface area contributed by atoms with Crippen molar-refractivity contribution in [3.05, 3.63) is 40.8 Å². The number of anilines is 1. The van der Waals surface area contributed by atoms with E-state index in [4.69, 9.17) is 0 Å². The van der Waals surface area contributed by atoms with Gasteiger partial charge in [-0.1, -0.05) is 13.0 Å². The molecule has 26 heavy (non-hydrogen) atoms. The zero-order valence-electron chi connectivity index (χ0n) is 15.1. The monoisotopic (exact) mass is 372 g/mol. The van der Waals surface area contributed by atoms with Gasteiger partial charge in [-0.25, -0.2) is 4.79 Å². The van der Waals surface area contributed by atoms with Crippen molar-refractivity contribution in [3.63, 3.8) is 0 Å². The van der Waals surface area contributed by atoms with Crippen molar-refractivity contribution in [1.82, 2.24) is 4.90 Å². The van der Waals surface area contributed by atoms with Gasteiger partial charge < -0.3 is 5.32 Å². The van der Waals surface area contributed by atoms with Gasteiger partial charge in [0.15, 0.2) is 11.8 Å². The first-order chi connectivity index (χ1) is 12.4. The molecule has 1 aromatic rings. The van der Waals surface area contributed by atoms with Crippen molar-refractivity contribution in [3.8, 4) is 0 Å². The maximum Gasteiger partial charge on any atom is 0.501 e.